The van der Waals surface area contributed by atoms with Crippen LogP contribution in [0.5, 0.6) is 0 Å². The highest BCUT2D eigenvalue weighted by Crippen LogP contribution is 2.27. The van der Waals surface area contributed by atoms with Gasteiger partial charge in [-0.2, -0.15) is 0 Å². The van der Waals surface area contributed by atoms with Crippen LogP contribution in [0.4, 0.5) is 5.13 Å². The number of aryl methyl sites for hydroxylation is 1. The number of thiazole rings is 1. The van der Waals surface area contributed by atoms with Gasteiger partial charge in [0.2, 0.25) is 0 Å². The van der Waals surface area contributed by atoms with Gasteiger partial charge < -0.3 is 0 Å². The molecule has 100 valence electrons. The summed E-state index contributed by atoms with van der Waals surface area (Å²) in [5.41, 5.74) is 2.71. The Morgan fingerprint density at radius 1 is 1.35 bits per heavy atom. The summed E-state index contributed by atoms with van der Waals surface area (Å²) in [5.74, 6) is -0.187. The Kier molecular flexibility index (Phi) is 3.43. The number of carbonyl (C=O) groups excluding carboxylic acids is 1. The standard InChI is InChI=1S/C15H13N3OS/c1-2-10-5-6-12-13(8-10)20-15(17-12)18-14(19)11-4-3-7-16-9-11/h3-9H,2H2,1H3,(H,17,18,19). The van der Waals surface area contributed by atoms with Gasteiger partial charge in [-0.15, -0.1) is 0 Å². The first kappa shape index (κ1) is 12.7. The molecule has 20 heavy (non-hydrogen) atoms. The smallest absolute Gasteiger partial charge is 0.259 e. The average molecular weight is 283 g/mol. The summed E-state index contributed by atoms with van der Waals surface area (Å²) in [7, 11) is 0. The monoisotopic (exact) mass is 283 g/mol. The molecule has 0 bridgehead atoms. The molecule has 0 saturated heterocycles. The first-order valence-electron chi connectivity index (χ1n) is 6.37. The van der Waals surface area contributed by atoms with Crippen molar-refractivity contribution < 1.29 is 4.79 Å². The fourth-order valence-electron chi connectivity index (χ4n) is 1.91. The molecule has 3 aromatic rings. The molecular weight excluding hydrogens is 270 g/mol. The summed E-state index contributed by atoms with van der Waals surface area (Å²) in [5, 5.41) is 3.43. The van der Waals surface area contributed by atoms with Crippen molar-refractivity contribution in [2.24, 2.45) is 0 Å². The van der Waals surface area contributed by atoms with Gasteiger partial charge in [-0.1, -0.05) is 24.3 Å². The molecule has 0 aliphatic carbocycles. The maximum absolute atomic E-state index is 12.0. The zero-order valence-electron chi connectivity index (χ0n) is 11.0. The maximum Gasteiger partial charge on any atom is 0.259 e. The summed E-state index contributed by atoms with van der Waals surface area (Å²) >= 11 is 1.49. The number of amides is 1. The van der Waals surface area contributed by atoms with E-state index >= 15 is 0 Å². The second kappa shape index (κ2) is 5.38. The number of fused-ring (bicyclic) bond motifs is 1. The number of nitrogens with one attached hydrogen (secondary N) is 1. The summed E-state index contributed by atoms with van der Waals surface area (Å²) in [6.45, 7) is 2.12. The van der Waals surface area contributed by atoms with Crippen molar-refractivity contribution >= 4 is 32.6 Å². The Hall–Kier alpha value is -2.27. The largest absolute Gasteiger partial charge is 0.298 e. The van der Waals surface area contributed by atoms with Gasteiger partial charge in [0.05, 0.1) is 15.8 Å². The molecule has 0 aliphatic heterocycles. The van der Waals surface area contributed by atoms with Crippen LogP contribution in [0.15, 0.2) is 42.7 Å². The van der Waals surface area contributed by atoms with E-state index in [0.717, 1.165) is 16.6 Å². The highest BCUT2D eigenvalue weighted by molar-refractivity contribution is 7.22. The van der Waals surface area contributed by atoms with Gasteiger partial charge in [-0.25, -0.2) is 4.98 Å². The normalized spacial score (nSPS) is 10.7. The van der Waals surface area contributed by atoms with Crippen LogP contribution in [-0.4, -0.2) is 15.9 Å². The predicted octanol–water partition coefficient (Wildman–Crippen LogP) is 3.51. The summed E-state index contributed by atoms with van der Waals surface area (Å²) in [6.07, 6.45) is 4.17. The number of hydrogen-bond donors (Lipinski definition) is 1. The van der Waals surface area contributed by atoms with Crippen LogP contribution in [0.25, 0.3) is 10.2 Å². The molecule has 0 saturated carbocycles. The van der Waals surface area contributed by atoms with Crippen LogP contribution in [0.2, 0.25) is 0 Å². The number of anilines is 1. The second-order valence-corrected chi connectivity index (χ2v) is 5.40. The van der Waals surface area contributed by atoms with Crippen molar-refractivity contribution in [3.63, 3.8) is 0 Å². The Balaban J connectivity index is 1.86. The minimum absolute atomic E-state index is 0.187. The number of hydrogen-bond acceptors (Lipinski definition) is 4. The fraction of sp³-hybridized carbons (Fsp3) is 0.133. The van der Waals surface area contributed by atoms with Crippen LogP contribution >= 0.6 is 11.3 Å². The molecule has 0 aliphatic rings. The Bertz CT molecular complexity index is 752. The van der Waals surface area contributed by atoms with Crippen LogP contribution < -0.4 is 5.32 Å². The van der Waals surface area contributed by atoms with Crippen molar-refractivity contribution in [3.8, 4) is 0 Å². The van der Waals surface area contributed by atoms with Crippen molar-refractivity contribution in [1.82, 2.24) is 9.97 Å². The molecule has 4 nitrogen and oxygen atoms in total. The lowest BCUT2D eigenvalue weighted by molar-refractivity contribution is 0.102. The number of nitrogens with zero attached hydrogens (tertiary/aromatic N) is 2. The van der Waals surface area contributed by atoms with Crippen LogP contribution in [0.3, 0.4) is 0 Å². The lowest BCUT2D eigenvalue weighted by Gasteiger charge is -1.99. The zero-order valence-corrected chi connectivity index (χ0v) is 11.8. The van der Waals surface area contributed by atoms with Crippen molar-refractivity contribution in [1.29, 1.82) is 0 Å². The number of carbonyl (C=O) groups is 1. The minimum atomic E-state index is -0.187. The van der Waals surface area contributed by atoms with Crippen LogP contribution in [0.1, 0.15) is 22.8 Å². The van der Waals surface area contributed by atoms with Gasteiger partial charge in [-0.3, -0.25) is 15.1 Å². The molecule has 1 N–H and O–H groups in total. The van der Waals surface area contributed by atoms with Gasteiger partial charge in [0.1, 0.15) is 0 Å². The first-order valence-corrected chi connectivity index (χ1v) is 7.19. The molecule has 1 amide bonds. The van der Waals surface area contributed by atoms with Crippen LogP contribution in [-0.2, 0) is 6.42 Å². The summed E-state index contributed by atoms with van der Waals surface area (Å²) < 4.78 is 1.09. The van der Waals surface area contributed by atoms with E-state index in [1.54, 1.807) is 18.3 Å². The topological polar surface area (TPSA) is 54.9 Å². The SMILES string of the molecule is CCc1ccc2nc(NC(=O)c3cccnc3)sc2c1. The first-order chi connectivity index (χ1) is 9.76. The maximum atomic E-state index is 12.0. The molecule has 1 aromatic carbocycles. The minimum Gasteiger partial charge on any atom is -0.298 e. The van der Waals surface area contributed by atoms with Gasteiger partial charge in [-0.05, 0) is 36.2 Å². The molecule has 0 radical (unpaired) electrons. The third-order valence-electron chi connectivity index (χ3n) is 3.01. The molecule has 2 aromatic heterocycles. The third-order valence-corrected chi connectivity index (χ3v) is 3.94. The highest BCUT2D eigenvalue weighted by atomic mass is 32.1. The van der Waals surface area contributed by atoms with E-state index in [-0.39, 0.29) is 5.91 Å². The zero-order chi connectivity index (χ0) is 13.9. The number of benzene rings is 1. The molecule has 3 rings (SSSR count). The second-order valence-electron chi connectivity index (χ2n) is 4.37. The Morgan fingerprint density at radius 2 is 2.25 bits per heavy atom. The van der Waals surface area contributed by atoms with Gasteiger partial charge in [0.15, 0.2) is 5.13 Å². The van der Waals surface area contributed by atoms with Crippen molar-refractivity contribution in [2.45, 2.75) is 13.3 Å². The quantitative estimate of drug-likeness (QED) is 0.800. The summed E-state index contributed by atoms with van der Waals surface area (Å²) in [4.78, 5) is 20.4. The van der Waals surface area contributed by atoms with E-state index in [1.807, 2.05) is 6.07 Å². The summed E-state index contributed by atoms with van der Waals surface area (Å²) in [6, 6.07) is 9.64. The van der Waals surface area contributed by atoms with Gasteiger partial charge in [0.25, 0.3) is 5.91 Å². The van der Waals surface area contributed by atoms with E-state index in [9.17, 15) is 4.79 Å². The van der Waals surface area contributed by atoms with E-state index in [2.05, 4.69) is 34.3 Å². The molecule has 0 fully saturated rings. The molecule has 0 spiro atoms. The average Bonchev–Trinajstić information content (AvgIpc) is 2.89. The lowest BCUT2D eigenvalue weighted by atomic mass is 10.2. The van der Waals surface area contributed by atoms with Crippen LogP contribution in [0, 0.1) is 0 Å². The molecule has 5 heteroatoms. The fourth-order valence-corrected chi connectivity index (χ4v) is 2.83. The number of rotatable bonds is 3. The Labute approximate surface area is 120 Å². The van der Waals surface area contributed by atoms with Gasteiger partial charge >= 0.3 is 0 Å². The van der Waals surface area contributed by atoms with E-state index in [0.29, 0.717) is 10.7 Å². The highest BCUT2D eigenvalue weighted by Gasteiger charge is 2.10. The molecule has 0 atom stereocenters. The molecule has 0 unspecified atom stereocenters. The van der Waals surface area contributed by atoms with Gasteiger partial charge in [0, 0.05) is 12.4 Å². The third kappa shape index (κ3) is 2.53. The van der Waals surface area contributed by atoms with E-state index in [1.165, 1.54) is 23.1 Å². The number of aromatic nitrogens is 2. The number of pyridine rings is 1. The van der Waals surface area contributed by atoms with E-state index in [4.69, 9.17) is 0 Å². The van der Waals surface area contributed by atoms with Crippen molar-refractivity contribution in [3.05, 3.63) is 53.9 Å². The van der Waals surface area contributed by atoms with E-state index < -0.39 is 0 Å². The van der Waals surface area contributed by atoms with Crippen molar-refractivity contribution in [2.75, 3.05) is 5.32 Å². The predicted molar refractivity (Wildman–Crippen MR) is 81.2 cm³/mol. The Morgan fingerprint density at radius 3 is 3.00 bits per heavy atom. The molecular formula is C15H13N3OS. The molecule has 2 heterocycles. The lowest BCUT2D eigenvalue weighted by Crippen LogP contribution is -2.11.